The summed E-state index contributed by atoms with van der Waals surface area (Å²) in [6, 6.07) is 7.73. The second-order valence-corrected chi connectivity index (χ2v) is 3.95. The number of hydrogen-bond donors (Lipinski definition) is 3. The summed E-state index contributed by atoms with van der Waals surface area (Å²) in [5.41, 5.74) is 12.0. The fraction of sp³-hybridized carbons (Fsp3) is 0.250. The van der Waals surface area contributed by atoms with Crippen LogP contribution in [0.15, 0.2) is 41.5 Å². The molecule has 2 rings (SSSR count). The van der Waals surface area contributed by atoms with Gasteiger partial charge in [-0.3, -0.25) is 0 Å². The SMILES string of the molecule is COc1ccccc1CC1(N)C=CNC(N)=N1. The third kappa shape index (κ3) is 2.57. The summed E-state index contributed by atoms with van der Waals surface area (Å²) in [5, 5.41) is 2.79. The molecule has 0 radical (unpaired) electrons. The number of benzene rings is 1. The number of methoxy groups -OCH3 is 1. The maximum atomic E-state index is 6.16. The molecule has 0 fully saturated rings. The van der Waals surface area contributed by atoms with Gasteiger partial charge in [-0.05, 0) is 17.7 Å². The average Bonchev–Trinajstić information content (AvgIpc) is 2.29. The second-order valence-electron chi connectivity index (χ2n) is 3.95. The van der Waals surface area contributed by atoms with Crippen LogP contribution in [0, 0.1) is 0 Å². The Kier molecular flexibility index (Phi) is 3.01. The Balaban J connectivity index is 2.26. The maximum absolute atomic E-state index is 6.16. The van der Waals surface area contributed by atoms with Gasteiger partial charge in [-0.2, -0.15) is 0 Å². The van der Waals surface area contributed by atoms with Crippen LogP contribution in [0.3, 0.4) is 0 Å². The van der Waals surface area contributed by atoms with Crippen LogP contribution in [0.25, 0.3) is 0 Å². The van der Waals surface area contributed by atoms with Gasteiger partial charge in [0, 0.05) is 12.6 Å². The largest absolute Gasteiger partial charge is 0.496 e. The summed E-state index contributed by atoms with van der Waals surface area (Å²) >= 11 is 0. The van der Waals surface area contributed by atoms with Gasteiger partial charge in [0.2, 0.25) is 0 Å². The Morgan fingerprint density at radius 1 is 1.41 bits per heavy atom. The number of guanidine groups is 1. The fourth-order valence-corrected chi connectivity index (χ4v) is 1.82. The molecule has 1 heterocycles. The van der Waals surface area contributed by atoms with Crippen molar-refractivity contribution in [2.75, 3.05) is 7.11 Å². The summed E-state index contributed by atoms with van der Waals surface area (Å²) < 4.78 is 5.28. The van der Waals surface area contributed by atoms with Crippen LogP contribution in [0.2, 0.25) is 0 Å². The molecule has 0 aliphatic carbocycles. The minimum atomic E-state index is -0.816. The highest BCUT2D eigenvalue weighted by atomic mass is 16.5. The summed E-state index contributed by atoms with van der Waals surface area (Å²) in [5.74, 6) is 1.13. The summed E-state index contributed by atoms with van der Waals surface area (Å²) in [4.78, 5) is 4.20. The number of ether oxygens (including phenoxy) is 1. The second kappa shape index (κ2) is 4.47. The molecule has 0 saturated carbocycles. The summed E-state index contributed by atoms with van der Waals surface area (Å²) in [7, 11) is 1.64. The van der Waals surface area contributed by atoms with Crippen LogP contribution < -0.4 is 21.5 Å². The maximum Gasteiger partial charge on any atom is 0.194 e. The van der Waals surface area contributed by atoms with Gasteiger partial charge < -0.3 is 21.5 Å². The Labute approximate surface area is 100 Å². The number of aliphatic imine (C=N–C) groups is 1. The third-order valence-electron chi connectivity index (χ3n) is 2.60. The molecule has 1 unspecified atom stereocenters. The normalized spacial score (nSPS) is 22.8. The highest BCUT2D eigenvalue weighted by molar-refractivity contribution is 5.80. The summed E-state index contributed by atoms with van der Waals surface area (Å²) in [6.07, 6.45) is 4.03. The number of nitrogens with two attached hydrogens (primary N) is 2. The zero-order valence-corrected chi connectivity index (χ0v) is 9.68. The average molecular weight is 232 g/mol. The first-order chi connectivity index (χ1) is 8.13. The molecule has 1 atom stereocenters. The zero-order chi connectivity index (χ0) is 12.3. The molecule has 1 aromatic carbocycles. The van der Waals surface area contributed by atoms with Gasteiger partial charge in [-0.15, -0.1) is 0 Å². The van der Waals surface area contributed by atoms with Crippen molar-refractivity contribution in [3.05, 3.63) is 42.1 Å². The van der Waals surface area contributed by atoms with Crippen LogP contribution in [0.1, 0.15) is 5.56 Å². The number of para-hydroxylation sites is 1. The van der Waals surface area contributed by atoms with Crippen molar-refractivity contribution < 1.29 is 4.74 Å². The van der Waals surface area contributed by atoms with E-state index in [1.165, 1.54) is 0 Å². The predicted octanol–water partition coefficient (Wildman–Crippen LogP) is 0.324. The lowest BCUT2D eigenvalue weighted by molar-refractivity contribution is 0.404. The molecule has 0 amide bonds. The van der Waals surface area contributed by atoms with Gasteiger partial charge >= 0.3 is 0 Å². The van der Waals surface area contributed by atoms with Crippen molar-refractivity contribution in [2.24, 2.45) is 16.5 Å². The quantitative estimate of drug-likeness (QED) is 0.700. The van der Waals surface area contributed by atoms with Crippen molar-refractivity contribution in [1.29, 1.82) is 0 Å². The van der Waals surface area contributed by atoms with E-state index < -0.39 is 5.66 Å². The van der Waals surface area contributed by atoms with E-state index in [-0.39, 0.29) is 0 Å². The lowest BCUT2D eigenvalue weighted by Gasteiger charge is -2.25. The number of hydrogen-bond acceptors (Lipinski definition) is 5. The number of nitrogens with one attached hydrogen (secondary N) is 1. The van der Waals surface area contributed by atoms with Crippen molar-refractivity contribution >= 4 is 5.96 Å². The van der Waals surface area contributed by atoms with Crippen molar-refractivity contribution in [3.8, 4) is 5.75 Å². The van der Waals surface area contributed by atoms with E-state index in [1.54, 1.807) is 19.4 Å². The molecule has 0 spiro atoms. The van der Waals surface area contributed by atoms with Gasteiger partial charge in [-0.1, -0.05) is 18.2 Å². The molecule has 1 aliphatic rings. The van der Waals surface area contributed by atoms with Crippen molar-refractivity contribution in [3.63, 3.8) is 0 Å². The van der Waals surface area contributed by atoms with Crippen molar-refractivity contribution in [1.82, 2.24) is 5.32 Å². The molecule has 17 heavy (non-hydrogen) atoms. The molecule has 5 nitrogen and oxygen atoms in total. The van der Waals surface area contributed by atoms with Crippen molar-refractivity contribution in [2.45, 2.75) is 12.1 Å². The molecule has 5 heteroatoms. The molecule has 1 aromatic rings. The molecular formula is C12H16N4O. The molecule has 1 aliphatic heterocycles. The third-order valence-corrected chi connectivity index (χ3v) is 2.60. The minimum absolute atomic E-state index is 0.324. The number of rotatable bonds is 3. The number of nitrogens with zero attached hydrogens (tertiary/aromatic N) is 1. The van der Waals surface area contributed by atoms with E-state index in [0.29, 0.717) is 12.4 Å². The van der Waals surface area contributed by atoms with E-state index in [4.69, 9.17) is 16.2 Å². The minimum Gasteiger partial charge on any atom is -0.496 e. The molecular weight excluding hydrogens is 216 g/mol. The van der Waals surface area contributed by atoms with Gasteiger partial charge in [0.25, 0.3) is 0 Å². The van der Waals surface area contributed by atoms with E-state index in [1.807, 2.05) is 24.3 Å². The molecule has 0 saturated heterocycles. The Morgan fingerprint density at radius 3 is 2.88 bits per heavy atom. The first kappa shape index (κ1) is 11.5. The first-order valence-corrected chi connectivity index (χ1v) is 5.33. The smallest absolute Gasteiger partial charge is 0.194 e. The van der Waals surface area contributed by atoms with E-state index in [2.05, 4.69) is 10.3 Å². The van der Waals surface area contributed by atoms with Crippen LogP contribution >= 0.6 is 0 Å². The van der Waals surface area contributed by atoms with Gasteiger partial charge in [-0.25, -0.2) is 4.99 Å². The van der Waals surface area contributed by atoms with E-state index in [9.17, 15) is 0 Å². The standard InChI is InChI=1S/C12H16N4O/c1-17-10-5-3-2-4-9(10)8-12(14)6-7-15-11(13)16-12/h2-7H,8,14H2,1H3,(H3,13,15,16). The van der Waals surface area contributed by atoms with Crippen LogP contribution in [-0.2, 0) is 6.42 Å². The monoisotopic (exact) mass is 232 g/mol. The lowest BCUT2D eigenvalue weighted by atomic mass is 9.99. The first-order valence-electron chi connectivity index (χ1n) is 5.33. The highest BCUT2D eigenvalue weighted by Gasteiger charge is 2.25. The van der Waals surface area contributed by atoms with Crippen LogP contribution in [0.5, 0.6) is 5.75 Å². The molecule has 5 N–H and O–H groups in total. The molecule has 0 aromatic heterocycles. The van der Waals surface area contributed by atoms with Gasteiger partial charge in [0.05, 0.1) is 7.11 Å². The van der Waals surface area contributed by atoms with E-state index >= 15 is 0 Å². The Bertz CT molecular complexity index is 469. The Morgan fingerprint density at radius 2 is 2.18 bits per heavy atom. The summed E-state index contributed by atoms with van der Waals surface area (Å²) in [6.45, 7) is 0. The highest BCUT2D eigenvalue weighted by Crippen LogP contribution is 2.23. The van der Waals surface area contributed by atoms with E-state index in [0.717, 1.165) is 11.3 Å². The predicted molar refractivity (Wildman–Crippen MR) is 67.5 cm³/mol. The topological polar surface area (TPSA) is 85.7 Å². The molecule has 90 valence electrons. The van der Waals surface area contributed by atoms with Crippen LogP contribution in [-0.4, -0.2) is 18.7 Å². The van der Waals surface area contributed by atoms with Gasteiger partial charge in [0.15, 0.2) is 5.96 Å². The van der Waals surface area contributed by atoms with Crippen LogP contribution in [0.4, 0.5) is 0 Å². The Hall–Kier alpha value is -2.01. The zero-order valence-electron chi connectivity index (χ0n) is 9.68. The molecule has 0 bridgehead atoms. The van der Waals surface area contributed by atoms with Gasteiger partial charge in [0.1, 0.15) is 11.4 Å². The lowest BCUT2D eigenvalue weighted by Crippen LogP contribution is -2.45. The fourth-order valence-electron chi connectivity index (χ4n) is 1.82.